The molecule has 0 saturated heterocycles. The highest BCUT2D eigenvalue weighted by Gasteiger charge is 2.31. The first-order valence-corrected chi connectivity index (χ1v) is 10.2. The second-order valence-corrected chi connectivity index (χ2v) is 7.71. The Morgan fingerprint density at radius 1 is 1.37 bits per heavy atom. The number of ether oxygens (including phenoxy) is 1. The predicted octanol–water partition coefficient (Wildman–Crippen LogP) is 3.88. The standard InChI is InChI=1S/C20H25N3O3S/c1-4-6-13(3)23-19-17(20(25)22-23)18(27-12-16(24)21-19)14-7-9-15(10-8-14)26-11-5-2/h5,7-10,13,18H,2,4,6,11-12H2,1,3H3,(H,21,24)(H,22,25). The lowest BCUT2D eigenvalue weighted by atomic mass is 10.1. The van der Waals surface area contributed by atoms with Crippen molar-refractivity contribution in [2.45, 2.75) is 38.0 Å². The molecular weight excluding hydrogens is 362 g/mol. The number of amides is 1. The van der Waals surface area contributed by atoms with Crippen molar-refractivity contribution in [3.8, 4) is 5.75 Å². The number of nitrogens with zero attached hydrogens (tertiary/aromatic N) is 1. The maximum atomic E-state index is 12.8. The molecular formula is C20H25N3O3S. The van der Waals surface area contributed by atoms with E-state index in [1.165, 1.54) is 11.8 Å². The van der Waals surface area contributed by atoms with Gasteiger partial charge in [-0.05, 0) is 31.0 Å². The lowest BCUT2D eigenvalue weighted by molar-refractivity contribution is -0.113. The normalized spacial score (nSPS) is 17.6. The van der Waals surface area contributed by atoms with Gasteiger partial charge in [0.25, 0.3) is 5.56 Å². The minimum atomic E-state index is -0.216. The summed E-state index contributed by atoms with van der Waals surface area (Å²) < 4.78 is 7.34. The first-order chi connectivity index (χ1) is 13.0. The van der Waals surface area contributed by atoms with E-state index in [9.17, 15) is 9.59 Å². The summed E-state index contributed by atoms with van der Waals surface area (Å²) in [5, 5.41) is 5.63. The van der Waals surface area contributed by atoms with Gasteiger partial charge in [0.1, 0.15) is 18.2 Å². The monoisotopic (exact) mass is 387 g/mol. The molecule has 144 valence electrons. The fraction of sp³-hybridized carbons (Fsp3) is 0.400. The van der Waals surface area contributed by atoms with Gasteiger partial charge in [-0.1, -0.05) is 38.1 Å². The van der Waals surface area contributed by atoms with E-state index in [0.717, 1.165) is 24.2 Å². The van der Waals surface area contributed by atoms with Gasteiger partial charge in [0.05, 0.1) is 16.6 Å². The van der Waals surface area contributed by atoms with E-state index < -0.39 is 0 Å². The summed E-state index contributed by atoms with van der Waals surface area (Å²) in [4.78, 5) is 25.0. The van der Waals surface area contributed by atoms with Crippen molar-refractivity contribution in [2.24, 2.45) is 0 Å². The molecule has 6 nitrogen and oxygen atoms in total. The largest absolute Gasteiger partial charge is 0.490 e. The highest BCUT2D eigenvalue weighted by atomic mass is 32.2. The number of nitrogens with one attached hydrogen (secondary N) is 2. The average molecular weight is 388 g/mol. The Morgan fingerprint density at radius 3 is 2.78 bits per heavy atom. The molecule has 3 rings (SSSR count). The Morgan fingerprint density at radius 2 is 2.11 bits per heavy atom. The summed E-state index contributed by atoms with van der Waals surface area (Å²) in [7, 11) is 0. The number of aromatic nitrogens is 2. The fourth-order valence-electron chi connectivity index (χ4n) is 3.28. The van der Waals surface area contributed by atoms with Gasteiger partial charge in [-0.15, -0.1) is 11.8 Å². The van der Waals surface area contributed by atoms with Gasteiger partial charge < -0.3 is 10.1 Å². The molecule has 1 aromatic carbocycles. The number of fused-ring (bicyclic) bond motifs is 1. The summed E-state index contributed by atoms with van der Waals surface area (Å²) in [6.07, 6.45) is 3.60. The van der Waals surface area contributed by atoms with Crippen molar-refractivity contribution in [3.05, 3.63) is 58.4 Å². The van der Waals surface area contributed by atoms with Crippen molar-refractivity contribution in [1.82, 2.24) is 9.78 Å². The fourth-order valence-corrected chi connectivity index (χ4v) is 4.40. The van der Waals surface area contributed by atoms with E-state index in [1.807, 2.05) is 31.2 Å². The highest BCUT2D eigenvalue weighted by molar-refractivity contribution is 8.00. The van der Waals surface area contributed by atoms with Crippen LogP contribution in [0.25, 0.3) is 0 Å². The minimum Gasteiger partial charge on any atom is -0.490 e. The predicted molar refractivity (Wildman–Crippen MR) is 110 cm³/mol. The molecule has 0 radical (unpaired) electrons. The Balaban J connectivity index is 2.00. The third-order valence-corrected chi connectivity index (χ3v) is 5.83. The first-order valence-electron chi connectivity index (χ1n) is 9.14. The third-order valence-electron chi connectivity index (χ3n) is 4.56. The quantitative estimate of drug-likeness (QED) is 0.707. The molecule has 2 unspecified atom stereocenters. The van der Waals surface area contributed by atoms with E-state index >= 15 is 0 Å². The van der Waals surface area contributed by atoms with Gasteiger partial charge >= 0.3 is 0 Å². The Bertz CT molecular complexity index is 870. The second kappa shape index (κ2) is 8.52. The van der Waals surface area contributed by atoms with Crippen LogP contribution in [0.3, 0.4) is 0 Å². The number of rotatable bonds is 7. The molecule has 2 N–H and O–H groups in total. The summed E-state index contributed by atoms with van der Waals surface area (Å²) in [6, 6.07) is 7.75. The zero-order valence-corrected chi connectivity index (χ0v) is 16.5. The SMILES string of the molecule is C=CCOc1ccc(C2SCC(=O)Nc3c2c(=O)[nH]n3C(C)CCC)cc1. The van der Waals surface area contributed by atoms with Crippen LogP contribution in [0.5, 0.6) is 5.75 Å². The second-order valence-electron chi connectivity index (χ2n) is 6.62. The van der Waals surface area contributed by atoms with Crippen molar-refractivity contribution in [1.29, 1.82) is 0 Å². The number of thioether (sulfide) groups is 1. The van der Waals surface area contributed by atoms with Crippen molar-refractivity contribution >= 4 is 23.5 Å². The maximum Gasteiger partial charge on any atom is 0.270 e. The summed E-state index contributed by atoms with van der Waals surface area (Å²) >= 11 is 1.46. The zero-order chi connectivity index (χ0) is 19.4. The van der Waals surface area contributed by atoms with Gasteiger partial charge in [0.2, 0.25) is 5.91 Å². The number of carbonyl (C=O) groups is 1. The number of benzene rings is 1. The lowest BCUT2D eigenvalue weighted by Crippen LogP contribution is -2.18. The van der Waals surface area contributed by atoms with Gasteiger partial charge in [-0.3, -0.25) is 19.4 Å². The van der Waals surface area contributed by atoms with Crippen molar-refractivity contribution in [2.75, 3.05) is 17.7 Å². The molecule has 0 bridgehead atoms. The maximum absolute atomic E-state index is 12.8. The van der Waals surface area contributed by atoms with Gasteiger partial charge in [0, 0.05) is 6.04 Å². The molecule has 1 aliphatic heterocycles. The Labute approximate surface area is 163 Å². The van der Waals surface area contributed by atoms with E-state index in [4.69, 9.17) is 4.74 Å². The molecule has 1 amide bonds. The van der Waals surface area contributed by atoms with Crippen LogP contribution in [0, 0.1) is 0 Å². The molecule has 7 heteroatoms. The van der Waals surface area contributed by atoms with Crippen LogP contribution in [-0.4, -0.2) is 28.0 Å². The van der Waals surface area contributed by atoms with E-state index in [0.29, 0.717) is 23.7 Å². The molecule has 0 fully saturated rings. The topological polar surface area (TPSA) is 76.1 Å². The molecule has 1 aromatic heterocycles. The van der Waals surface area contributed by atoms with Crippen LogP contribution in [0.4, 0.5) is 5.82 Å². The Kier molecular flexibility index (Phi) is 6.11. The number of anilines is 1. The molecule has 0 spiro atoms. The van der Waals surface area contributed by atoms with Gasteiger partial charge in [-0.2, -0.15) is 0 Å². The third kappa shape index (κ3) is 4.13. The van der Waals surface area contributed by atoms with Crippen LogP contribution in [0.15, 0.2) is 41.7 Å². The molecule has 2 aromatic rings. The van der Waals surface area contributed by atoms with Crippen molar-refractivity contribution in [3.63, 3.8) is 0 Å². The van der Waals surface area contributed by atoms with E-state index in [2.05, 4.69) is 23.9 Å². The molecule has 1 aliphatic rings. The molecule has 2 atom stereocenters. The first kappa shape index (κ1) is 19.4. The van der Waals surface area contributed by atoms with Crippen LogP contribution in [0.2, 0.25) is 0 Å². The van der Waals surface area contributed by atoms with E-state index in [1.54, 1.807) is 10.8 Å². The number of aromatic amines is 1. The number of carbonyl (C=O) groups excluding carboxylic acids is 1. The van der Waals surface area contributed by atoms with Crippen molar-refractivity contribution < 1.29 is 9.53 Å². The summed E-state index contributed by atoms with van der Waals surface area (Å²) in [5.41, 5.74) is 1.42. The molecule has 0 aliphatic carbocycles. The lowest BCUT2D eigenvalue weighted by Gasteiger charge is -2.17. The smallest absolute Gasteiger partial charge is 0.270 e. The average Bonchev–Trinajstić information content (AvgIpc) is 2.87. The number of H-pyrrole nitrogens is 1. The number of hydrogen-bond acceptors (Lipinski definition) is 4. The van der Waals surface area contributed by atoms with Crippen LogP contribution in [-0.2, 0) is 4.79 Å². The molecule has 0 saturated carbocycles. The van der Waals surface area contributed by atoms with Gasteiger partial charge in [-0.25, -0.2) is 0 Å². The molecule has 2 heterocycles. The van der Waals surface area contributed by atoms with Crippen LogP contribution >= 0.6 is 11.8 Å². The van der Waals surface area contributed by atoms with Gasteiger partial charge in [0.15, 0.2) is 0 Å². The summed E-state index contributed by atoms with van der Waals surface area (Å²) in [5.74, 6) is 1.55. The Hall–Kier alpha value is -2.41. The zero-order valence-electron chi connectivity index (χ0n) is 15.7. The minimum absolute atomic E-state index is 0.0915. The highest BCUT2D eigenvalue weighted by Crippen LogP contribution is 2.40. The number of hydrogen-bond donors (Lipinski definition) is 2. The van der Waals surface area contributed by atoms with Crippen LogP contribution in [0.1, 0.15) is 49.1 Å². The van der Waals surface area contributed by atoms with E-state index in [-0.39, 0.29) is 22.8 Å². The summed E-state index contributed by atoms with van der Waals surface area (Å²) in [6.45, 7) is 8.23. The van der Waals surface area contributed by atoms with Crippen LogP contribution < -0.4 is 15.6 Å². The molecule has 27 heavy (non-hydrogen) atoms.